The Bertz CT molecular complexity index is 861. The number of hydrogen-bond acceptors (Lipinski definition) is 2. The molecule has 0 atom stereocenters. The molecular weight excluding hydrogens is 248 g/mol. The van der Waals surface area contributed by atoms with E-state index in [1.807, 2.05) is 0 Å². The van der Waals surface area contributed by atoms with Crippen LogP contribution in [0.25, 0.3) is 32.3 Å². The molecule has 0 fully saturated rings. The molecule has 0 N–H and O–H groups in total. The standard InChI is InChI=1S/C18H12O2/c19-11-20-10-12-8-15-6-4-13-2-1-3-14-5-7-16(9-12)18(15)17(13)14/h1-9,11H,10H2. The second-order valence-electron chi connectivity index (χ2n) is 5.03. The number of carbonyl (C=O) groups is 1. The van der Waals surface area contributed by atoms with E-state index in [4.69, 9.17) is 4.74 Å². The fourth-order valence-electron chi connectivity index (χ4n) is 3.03. The van der Waals surface area contributed by atoms with E-state index in [9.17, 15) is 4.79 Å². The average Bonchev–Trinajstić information content (AvgIpc) is 2.50. The van der Waals surface area contributed by atoms with Crippen LogP contribution in [0.3, 0.4) is 0 Å². The lowest BCUT2D eigenvalue weighted by atomic mass is 9.93. The van der Waals surface area contributed by atoms with Crippen molar-refractivity contribution in [3.05, 3.63) is 60.2 Å². The van der Waals surface area contributed by atoms with Crippen molar-refractivity contribution in [2.24, 2.45) is 0 Å². The lowest BCUT2D eigenvalue weighted by Gasteiger charge is -2.12. The molecule has 4 aromatic carbocycles. The van der Waals surface area contributed by atoms with Gasteiger partial charge >= 0.3 is 0 Å². The third-order valence-corrected chi connectivity index (χ3v) is 3.84. The van der Waals surface area contributed by atoms with Crippen LogP contribution in [0.4, 0.5) is 0 Å². The van der Waals surface area contributed by atoms with E-state index in [-0.39, 0.29) is 0 Å². The Morgan fingerprint density at radius 1 is 0.800 bits per heavy atom. The van der Waals surface area contributed by atoms with Crippen LogP contribution in [0.1, 0.15) is 5.56 Å². The molecule has 0 unspecified atom stereocenters. The maximum Gasteiger partial charge on any atom is 0.293 e. The van der Waals surface area contributed by atoms with Gasteiger partial charge in [-0.2, -0.15) is 0 Å². The van der Waals surface area contributed by atoms with Crippen molar-refractivity contribution in [2.45, 2.75) is 6.61 Å². The minimum Gasteiger partial charge on any atom is -0.463 e. The molecule has 0 amide bonds. The zero-order valence-corrected chi connectivity index (χ0v) is 10.8. The predicted octanol–water partition coefficient (Wildman–Crippen LogP) is 4.26. The smallest absolute Gasteiger partial charge is 0.293 e. The fourth-order valence-corrected chi connectivity index (χ4v) is 3.03. The second-order valence-corrected chi connectivity index (χ2v) is 5.03. The van der Waals surface area contributed by atoms with Gasteiger partial charge in [0.1, 0.15) is 6.61 Å². The molecule has 0 radical (unpaired) electrons. The van der Waals surface area contributed by atoms with Crippen LogP contribution in [0.2, 0.25) is 0 Å². The third kappa shape index (κ3) is 1.55. The molecule has 0 heterocycles. The van der Waals surface area contributed by atoms with Crippen molar-refractivity contribution in [3.8, 4) is 0 Å². The van der Waals surface area contributed by atoms with Crippen molar-refractivity contribution >= 4 is 38.8 Å². The van der Waals surface area contributed by atoms with Crippen LogP contribution in [0.15, 0.2) is 54.6 Å². The number of hydrogen-bond donors (Lipinski definition) is 0. The molecule has 2 nitrogen and oxygen atoms in total. The first kappa shape index (κ1) is 11.2. The maximum absolute atomic E-state index is 10.3. The molecule has 0 aliphatic rings. The first-order chi connectivity index (χ1) is 9.86. The normalized spacial score (nSPS) is 11.4. The van der Waals surface area contributed by atoms with E-state index >= 15 is 0 Å². The van der Waals surface area contributed by atoms with Gasteiger partial charge in [-0.15, -0.1) is 0 Å². The Morgan fingerprint density at radius 3 is 1.95 bits per heavy atom. The molecule has 4 rings (SSSR count). The van der Waals surface area contributed by atoms with Crippen LogP contribution in [0.5, 0.6) is 0 Å². The van der Waals surface area contributed by atoms with Gasteiger partial charge in [-0.05, 0) is 50.0 Å². The van der Waals surface area contributed by atoms with Crippen molar-refractivity contribution < 1.29 is 9.53 Å². The Balaban J connectivity index is 2.11. The van der Waals surface area contributed by atoms with Gasteiger partial charge < -0.3 is 4.74 Å². The highest BCUT2D eigenvalue weighted by molar-refractivity contribution is 6.23. The summed E-state index contributed by atoms with van der Waals surface area (Å²) in [5.74, 6) is 0. The third-order valence-electron chi connectivity index (χ3n) is 3.84. The molecule has 96 valence electrons. The number of carbonyl (C=O) groups excluding carboxylic acids is 1. The van der Waals surface area contributed by atoms with Crippen molar-refractivity contribution in [1.29, 1.82) is 0 Å². The van der Waals surface area contributed by atoms with Gasteiger partial charge in [0.2, 0.25) is 0 Å². The molecule has 0 aliphatic heterocycles. The summed E-state index contributed by atoms with van der Waals surface area (Å²) in [6, 6.07) is 19.1. The Hall–Kier alpha value is -2.61. The topological polar surface area (TPSA) is 26.3 Å². The average molecular weight is 260 g/mol. The van der Waals surface area contributed by atoms with Crippen molar-refractivity contribution in [3.63, 3.8) is 0 Å². The van der Waals surface area contributed by atoms with Crippen LogP contribution in [-0.4, -0.2) is 6.47 Å². The SMILES string of the molecule is O=COCc1cc2ccc3cccc4ccc(c1)c2c34. The van der Waals surface area contributed by atoms with E-state index in [2.05, 4.69) is 54.6 Å². The molecule has 0 aliphatic carbocycles. The molecule has 0 aromatic heterocycles. The lowest BCUT2D eigenvalue weighted by molar-refractivity contribution is -0.129. The Kier molecular flexibility index (Phi) is 2.36. The minimum atomic E-state index is 0.319. The molecule has 0 saturated heterocycles. The van der Waals surface area contributed by atoms with Crippen molar-refractivity contribution in [1.82, 2.24) is 0 Å². The summed E-state index contributed by atoms with van der Waals surface area (Å²) in [6.45, 7) is 0.810. The maximum atomic E-state index is 10.3. The number of rotatable bonds is 3. The van der Waals surface area contributed by atoms with E-state index in [0.29, 0.717) is 13.1 Å². The van der Waals surface area contributed by atoms with Gasteiger partial charge in [0.15, 0.2) is 0 Å². The van der Waals surface area contributed by atoms with Gasteiger partial charge in [0.25, 0.3) is 6.47 Å². The summed E-state index contributed by atoms with van der Waals surface area (Å²) in [4.78, 5) is 10.3. The molecule has 0 spiro atoms. The molecule has 20 heavy (non-hydrogen) atoms. The van der Waals surface area contributed by atoms with Gasteiger partial charge in [0.05, 0.1) is 0 Å². The zero-order valence-electron chi connectivity index (χ0n) is 10.8. The molecule has 0 bridgehead atoms. The number of benzene rings is 4. The summed E-state index contributed by atoms with van der Waals surface area (Å²) < 4.78 is 4.87. The Labute approximate surface area is 115 Å². The highest BCUT2D eigenvalue weighted by atomic mass is 16.5. The van der Waals surface area contributed by atoms with Gasteiger partial charge in [0, 0.05) is 0 Å². The highest BCUT2D eigenvalue weighted by Crippen LogP contribution is 2.35. The largest absolute Gasteiger partial charge is 0.463 e. The quantitative estimate of drug-likeness (QED) is 0.406. The first-order valence-electron chi connectivity index (χ1n) is 6.58. The van der Waals surface area contributed by atoms with E-state index in [1.165, 1.54) is 32.3 Å². The summed E-state index contributed by atoms with van der Waals surface area (Å²) in [5.41, 5.74) is 1.02. The van der Waals surface area contributed by atoms with E-state index < -0.39 is 0 Å². The molecule has 0 saturated carbocycles. The van der Waals surface area contributed by atoms with Gasteiger partial charge in [-0.3, -0.25) is 4.79 Å². The summed E-state index contributed by atoms with van der Waals surface area (Å²) in [5, 5.41) is 7.50. The van der Waals surface area contributed by atoms with Gasteiger partial charge in [-0.1, -0.05) is 42.5 Å². The van der Waals surface area contributed by atoms with Gasteiger partial charge in [-0.25, -0.2) is 0 Å². The van der Waals surface area contributed by atoms with Crippen LogP contribution < -0.4 is 0 Å². The fraction of sp³-hybridized carbons (Fsp3) is 0.0556. The van der Waals surface area contributed by atoms with Crippen LogP contribution in [0, 0.1) is 0 Å². The summed E-state index contributed by atoms with van der Waals surface area (Å²) >= 11 is 0. The van der Waals surface area contributed by atoms with Crippen LogP contribution >= 0.6 is 0 Å². The van der Waals surface area contributed by atoms with E-state index in [1.54, 1.807) is 0 Å². The second kappa shape index (κ2) is 4.20. The van der Waals surface area contributed by atoms with Crippen molar-refractivity contribution in [2.75, 3.05) is 0 Å². The Morgan fingerprint density at radius 2 is 1.35 bits per heavy atom. The summed E-state index contributed by atoms with van der Waals surface area (Å²) in [7, 11) is 0. The lowest BCUT2D eigenvalue weighted by Crippen LogP contribution is -1.91. The molecule has 4 aromatic rings. The predicted molar refractivity (Wildman–Crippen MR) is 81.0 cm³/mol. The zero-order chi connectivity index (χ0) is 13.5. The van der Waals surface area contributed by atoms with Crippen LogP contribution in [-0.2, 0) is 16.1 Å². The first-order valence-corrected chi connectivity index (χ1v) is 6.58. The minimum absolute atomic E-state index is 0.319. The highest BCUT2D eigenvalue weighted by Gasteiger charge is 2.08. The van der Waals surface area contributed by atoms with E-state index in [0.717, 1.165) is 5.56 Å². The number of ether oxygens (including phenoxy) is 1. The summed E-state index contributed by atoms with van der Waals surface area (Å²) in [6.07, 6.45) is 0. The molecular formula is C18H12O2. The molecule has 2 heteroatoms. The monoisotopic (exact) mass is 260 g/mol.